The monoisotopic (exact) mass is 715 g/mol. The summed E-state index contributed by atoms with van der Waals surface area (Å²) in [4.78, 5) is 13.4. The number of phosphoric acid groups is 1. The first-order chi connectivity index (χ1) is 23.4. The first-order valence-corrected chi connectivity index (χ1v) is 20.5. The van der Waals surface area contributed by atoms with Gasteiger partial charge in [0.05, 0.1) is 26.4 Å². The highest BCUT2D eigenvalue weighted by Crippen LogP contribution is 2.51. The molecule has 3 rings (SSSR count). The third-order valence-electron chi connectivity index (χ3n) is 8.34. The van der Waals surface area contributed by atoms with E-state index in [-0.39, 0.29) is 26.4 Å². The Labute approximate surface area is 292 Å². The molecule has 0 radical (unpaired) electrons. The highest BCUT2D eigenvalue weighted by Gasteiger charge is 2.38. The van der Waals surface area contributed by atoms with E-state index >= 15 is 0 Å². The normalized spacial score (nSPS) is 20.9. The fraction of sp³-hybridized carbons (Fsp3) is 0.743. The Bertz CT molecular complexity index is 1090. The van der Waals surface area contributed by atoms with Crippen LogP contribution in [0, 0.1) is 0 Å². The topological polar surface area (TPSA) is 122 Å². The fourth-order valence-electron chi connectivity index (χ4n) is 5.49. The molecule has 10 nitrogen and oxygen atoms in total. The minimum atomic E-state index is -3.97. The molecular formula is C35H59FN3O7PS. The molecule has 3 N–H and O–H groups in total. The SMILES string of the molecule is CCCCCCCCCCCCCCCCCCOCCOP(=O)(OCc1ccccc1)OC[C@H]1O[C@@H](N2C=C(F)C(N)NC2=O)CS1. The van der Waals surface area contributed by atoms with Crippen LogP contribution in [0.15, 0.2) is 42.4 Å². The van der Waals surface area contributed by atoms with Crippen molar-refractivity contribution in [1.29, 1.82) is 0 Å². The number of rotatable bonds is 28. The lowest BCUT2D eigenvalue weighted by Gasteiger charge is -2.30. The van der Waals surface area contributed by atoms with Crippen LogP contribution in [-0.2, 0) is 34.2 Å². The minimum Gasteiger partial charge on any atom is -0.379 e. The number of benzene rings is 1. The molecule has 4 atom stereocenters. The van der Waals surface area contributed by atoms with Gasteiger partial charge in [-0.1, -0.05) is 134 Å². The number of unbranched alkanes of at least 4 members (excludes halogenated alkanes) is 15. The molecule has 2 unspecified atom stereocenters. The van der Waals surface area contributed by atoms with Crippen molar-refractivity contribution in [1.82, 2.24) is 10.2 Å². The molecule has 2 aliphatic rings. The average molecular weight is 716 g/mol. The molecule has 1 aromatic carbocycles. The molecule has 0 aromatic heterocycles. The van der Waals surface area contributed by atoms with Gasteiger partial charge in [-0.2, -0.15) is 0 Å². The molecule has 0 aliphatic carbocycles. The van der Waals surface area contributed by atoms with E-state index in [0.29, 0.717) is 12.4 Å². The second-order valence-corrected chi connectivity index (χ2v) is 15.3. The Hall–Kier alpha value is -1.50. The summed E-state index contributed by atoms with van der Waals surface area (Å²) in [5.41, 5.74) is 5.76. The third kappa shape index (κ3) is 16.9. The summed E-state index contributed by atoms with van der Waals surface area (Å²) < 4.78 is 56.0. The molecule has 48 heavy (non-hydrogen) atoms. The summed E-state index contributed by atoms with van der Waals surface area (Å²) in [5.74, 6) is -0.309. The van der Waals surface area contributed by atoms with E-state index < -0.39 is 37.5 Å². The van der Waals surface area contributed by atoms with Crippen LogP contribution in [0.5, 0.6) is 0 Å². The largest absolute Gasteiger partial charge is 0.475 e. The first kappa shape index (κ1) is 40.9. The Kier molecular flexibility index (Phi) is 21.0. The summed E-state index contributed by atoms with van der Waals surface area (Å²) in [7, 11) is -3.97. The molecule has 274 valence electrons. The van der Waals surface area contributed by atoms with Gasteiger partial charge in [0.25, 0.3) is 0 Å². The van der Waals surface area contributed by atoms with Crippen molar-refractivity contribution >= 4 is 25.6 Å². The van der Waals surface area contributed by atoms with Crippen LogP contribution in [-0.4, -0.2) is 60.9 Å². The van der Waals surface area contributed by atoms with Gasteiger partial charge in [0.2, 0.25) is 0 Å². The van der Waals surface area contributed by atoms with Crippen LogP contribution in [0.3, 0.4) is 0 Å². The molecule has 2 aliphatic heterocycles. The number of ether oxygens (including phenoxy) is 2. The highest BCUT2D eigenvalue weighted by molar-refractivity contribution is 8.00. The molecule has 0 spiro atoms. The number of nitrogens with two attached hydrogens (primary N) is 1. The molecule has 1 saturated heterocycles. The van der Waals surface area contributed by atoms with Gasteiger partial charge in [0, 0.05) is 18.6 Å². The second-order valence-electron chi connectivity index (χ2n) is 12.5. The summed E-state index contributed by atoms with van der Waals surface area (Å²) in [6.07, 6.45) is 20.3. The van der Waals surface area contributed by atoms with Gasteiger partial charge in [0.15, 0.2) is 5.83 Å². The minimum absolute atomic E-state index is 0.0394. The zero-order valence-corrected chi connectivity index (χ0v) is 30.6. The van der Waals surface area contributed by atoms with E-state index in [2.05, 4.69) is 12.2 Å². The Morgan fingerprint density at radius 1 is 0.875 bits per heavy atom. The number of nitrogens with zero attached hydrogens (tertiary/aromatic N) is 1. The van der Waals surface area contributed by atoms with Crippen LogP contribution >= 0.6 is 19.6 Å². The number of carbonyl (C=O) groups excluding carboxylic acids is 1. The smallest absolute Gasteiger partial charge is 0.379 e. The lowest BCUT2D eigenvalue weighted by Crippen LogP contribution is -2.54. The maximum Gasteiger partial charge on any atom is 0.475 e. The maximum atomic E-state index is 14.0. The number of phosphoric ester groups is 1. The number of urea groups is 1. The number of hydrogen-bond donors (Lipinski definition) is 2. The van der Waals surface area contributed by atoms with Crippen molar-refractivity contribution in [2.75, 3.05) is 32.2 Å². The van der Waals surface area contributed by atoms with Crippen molar-refractivity contribution in [2.24, 2.45) is 5.73 Å². The highest BCUT2D eigenvalue weighted by atomic mass is 32.2. The van der Waals surface area contributed by atoms with Crippen LogP contribution in [0.2, 0.25) is 0 Å². The van der Waals surface area contributed by atoms with Crippen LogP contribution in [0.1, 0.15) is 115 Å². The number of hydrogen-bond acceptors (Lipinski definition) is 9. The molecular weight excluding hydrogens is 656 g/mol. The molecule has 13 heteroatoms. The number of amides is 2. The molecule has 1 aromatic rings. The van der Waals surface area contributed by atoms with Crippen LogP contribution < -0.4 is 11.1 Å². The standard InChI is InChI=1S/C35H59FN3O7PS/c1-2-3-4-5-6-7-8-9-10-11-12-13-14-15-16-20-23-42-24-25-43-47(41,44-27-30-21-18-17-19-22-30)45-28-33-46-32(29-48-33)39-26-31(36)34(37)38-35(39)40/h17-19,21-22,26,32-34H,2-16,20,23-25,27-29,37H2,1H3,(H,38,40)/t32-,33+,34?,47?/m1/s1. The molecule has 2 heterocycles. The predicted molar refractivity (Wildman–Crippen MR) is 190 cm³/mol. The van der Waals surface area contributed by atoms with Crippen molar-refractivity contribution in [3.05, 3.63) is 47.9 Å². The summed E-state index contributed by atoms with van der Waals surface area (Å²) in [6, 6.07) is 8.76. The van der Waals surface area contributed by atoms with E-state index in [0.717, 1.165) is 29.5 Å². The third-order valence-corrected chi connectivity index (χ3v) is 10.8. The van der Waals surface area contributed by atoms with Gasteiger partial charge in [-0.05, 0) is 12.0 Å². The molecule has 0 saturated carbocycles. The Morgan fingerprint density at radius 2 is 1.48 bits per heavy atom. The summed E-state index contributed by atoms with van der Waals surface area (Å²) in [5, 5.41) is 2.33. The number of nitrogens with one attached hydrogen (secondary N) is 1. The fourth-order valence-corrected chi connectivity index (χ4v) is 7.73. The van der Waals surface area contributed by atoms with E-state index in [4.69, 9.17) is 28.8 Å². The van der Waals surface area contributed by atoms with Gasteiger partial charge >= 0.3 is 13.9 Å². The van der Waals surface area contributed by atoms with Crippen LogP contribution in [0.25, 0.3) is 0 Å². The zero-order valence-electron chi connectivity index (χ0n) is 28.9. The number of thioether (sulfide) groups is 1. The first-order valence-electron chi connectivity index (χ1n) is 18.0. The van der Waals surface area contributed by atoms with Crippen molar-refractivity contribution in [3.8, 4) is 0 Å². The summed E-state index contributed by atoms with van der Waals surface area (Å²) >= 11 is 1.35. The molecule has 2 amide bonds. The maximum absolute atomic E-state index is 14.0. The average Bonchev–Trinajstić information content (AvgIpc) is 3.57. The zero-order chi connectivity index (χ0) is 34.3. The van der Waals surface area contributed by atoms with E-state index in [9.17, 15) is 13.8 Å². The van der Waals surface area contributed by atoms with Gasteiger partial charge in [-0.25, -0.2) is 13.8 Å². The van der Waals surface area contributed by atoms with Gasteiger partial charge in [-0.15, -0.1) is 11.8 Å². The van der Waals surface area contributed by atoms with Gasteiger partial charge in [0.1, 0.15) is 17.8 Å². The second kappa shape index (κ2) is 24.6. The Morgan fingerprint density at radius 3 is 2.10 bits per heavy atom. The number of carbonyl (C=O) groups is 1. The summed E-state index contributed by atoms with van der Waals surface area (Å²) in [6.45, 7) is 3.12. The number of halogens is 1. The van der Waals surface area contributed by atoms with Crippen molar-refractivity contribution in [3.63, 3.8) is 0 Å². The quantitative estimate of drug-likeness (QED) is 0.0646. The predicted octanol–water partition coefficient (Wildman–Crippen LogP) is 9.16. The van der Waals surface area contributed by atoms with Crippen LogP contribution in [0.4, 0.5) is 9.18 Å². The molecule has 0 bridgehead atoms. The van der Waals surface area contributed by atoms with Gasteiger partial charge in [-0.3, -0.25) is 18.5 Å². The van der Waals surface area contributed by atoms with Crippen molar-refractivity contribution in [2.45, 2.75) is 134 Å². The lowest BCUT2D eigenvalue weighted by atomic mass is 10.0. The van der Waals surface area contributed by atoms with E-state index in [1.54, 1.807) is 0 Å². The lowest BCUT2D eigenvalue weighted by molar-refractivity contribution is -0.0272. The van der Waals surface area contributed by atoms with Crippen molar-refractivity contribution < 1.29 is 36.8 Å². The van der Waals surface area contributed by atoms with Gasteiger partial charge < -0.3 is 20.5 Å². The molecule has 1 fully saturated rings. The van der Waals surface area contributed by atoms with E-state index in [1.165, 1.54) is 102 Å². The Balaban J connectivity index is 1.24. The van der Waals surface area contributed by atoms with E-state index in [1.807, 2.05) is 30.3 Å².